The van der Waals surface area contributed by atoms with Crippen molar-refractivity contribution in [3.05, 3.63) is 45.9 Å². The van der Waals surface area contributed by atoms with E-state index < -0.39 is 12.8 Å². The van der Waals surface area contributed by atoms with Gasteiger partial charge in [-0.05, 0) is 38.0 Å². The van der Waals surface area contributed by atoms with E-state index in [1.807, 2.05) is 19.2 Å². The zero-order chi connectivity index (χ0) is 20.4. The number of hydrogen-bond acceptors (Lipinski definition) is 4. The van der Waals surface area contributed by atoms with Crippen LogP contribution >= 0.6 is 35.3 Å². The number of nitrogens with one attached hydrogen (secondary N) is 2. The van der Waals surface area contributed by atoms with Crippen LogP contribution in [-0.2, 0) is 13.0 Å². The van der Waals surface area contributed by atoms with E-state index in [1.54, 1.807) is 23.5 Å². The van der Waals surface area contributed by atoms with Crippen molar-refractivity contribution in [1.82, 2.24) is 15.6 Å². The van der Waals surface area contributed by atoms with Crippen molar-refractivity contribution in [2.75, 3.05) is 19.7 Å². The van der Waals surface area contributed by atoms with Gasteiger partial charge >= 0.3 is 6.18 Å². The summed E-state index contributed by atoms with van der Waals surface area (Å²) in [5, 5.41) is 9.65. The number of nitrogens with zero attached hydrogens (tertiary/aromatic N) is 2. The molecule has 0 spiro atoms. The maximum Gasteiger partial charge on any atom is 0.422 e. The zero-order valence-electron chi connectivity index (χ0n) is 16.4. The number of benzene rings is 1. The minimum absolute atomic E-state index is 0. The van der Waals surface area contributed by atoms with Crippen molar-refractivity contribution in [2.45, 2.75) is 39.4 Å². The number of aliphatic imine (C=N–C) groups is 1. The first kappa shape index (κ1) is 25.5. The molecule has 0 amide bonds. The monoisotopic (exact) mass is 542 g/mol. The highest BCUT2D eigenvalue weighted by Crippen LogP contribution is 2.19. The molecule has 0 saturated heterocycles. The normalized spacial score (nSPS) is 11.7. The second kappa shape index (κ2) is 12.9. The summed E-state index contributed by atoms with van der Waals surface area (Å²) in [5.41, 5.74) is 1.94. The minimum Gasteiger partial charge on any atom is -0.484 e. The Labute approximate surface area is 190 Å². The van der Waals surface area contributed by atoms with Crippen molar-refractivity contribution in [2.24, 2.45) is 4.99 Å². The topological polar surface area (TPSA) is 58.5 Å². The SMILES string of the molecule is CCNC(=NCc1ccc(OCC(F)(F)F)cc1)NCCCc1nc(C)cs1.I. The molecule has 0 atom stereocenters. The average Bonchev–Trinajstić information content (AvgIpc) is 3.07. The number of rotatable bonds is 9. The molecule has 0 unspecified atom stereocenters. The summed E-state index contributed by atoms with van der Waals surface area (Å²) in [4.78, 5) is 8.95. The second-order valence-corrected chi connectivity index (χ2v) is 7.10. The van der Waals surface area contributed by atoms with Crippen LogP contribution in [0.4, 0.5) is 13.2 Å². The molecule has 2 N–H and O–H groups in total. The van der Waals surface area contributed by atoms with Gasteiger partial charge in [-0.15, -0.1) is 35.3 Å². The maximum atomic E-state index is 12.2. The third-order valence-electron chi connectivity index (χ3n) is 3.62. The van der Waals surface area contributed by atoms with E-state index >= 15 is 0 Å². The lowest BCUT2D eigenvalue weighted by Crippen LogP contribution is -2.37. The summed E-state index contributed by atoms with van der Waals surface area (Å²) in [6, 6.07) is 6.47. The predicted molar refractivity (Wildman–Crippen MR) is 121 cm³/mol. The largest absolute Gasteiger partial charge is 0.484 e. The smallest absolute Gasteiger partial charge is 0.422 e. The number of halogens is 4. The highest BCUT2D eigenvalue weighted by Gasteiger charge is 2.28. The van der Waals surface area contributed by atoms with Gasteiger partial charge in [-0.25, -0.2) is 9.98 Å². The number of thiazole rings is 1. The molecule has 2 aromatic rings. The van der Waals surface area contributed by atoms with Gasteiger partial charge in [0.15, 0.2) is 12.6 Å². The van der Waals surface area contributed by atoms with Crippen molar-refractivity contribution in [3.63, 3.8) is 0 Å². The third-order valence-corrected chi connectivity index (χ3v) is 4.64. The molecule has 0 saturated carbocycles. The van der Waals surface area contributed by atoms with Gasteiger partial charge in [-0.2, -0.15) is 13.2 Å². The summed E-state index contributed by atoms with van der Waals surface area (Å²) >= 11 is 1.67. The van der Waals surface area contributed by atoms with Crippen LogP contribution in [0.1, 0.15) is 29.6 Å². The molecule has 0 aliphatic rings. The molecule has 162 valence electrons. The lowest BCUT2D eigenvalue weighted by molar-refractivity contribution is -0.153. The van der Waals surface area contributed by atoms with Crippen LogP contribution in [0.2, 0.25) is 0 Å². The van der Waals surface area contributed by atoms with Crippen LogP contribution in [0.3, 0.4) is 0 Å². The van der Waals surface area contributed by atoms with Gasteiger partial charge in [0.05, 0.1) is 11.6 Å². The summed E-state index contributed by atoms with van der Waals surface area (Å²) in [6.45, 7) is 4.61. The van der Waals surface area contributed by atoms with E-state index in [9.17, 15) is 13.2 Å². The van der Waals surface area contributed by atoms with Crippen LogP contribution in [0.25, 0.3) is 0 Å². The Balaban J connectivity index is 0.00000420. The number of aryl methyl sites for hydroxylation is 2. The van der Waals surface area contributed by atoms with Gasteiger partial charge in [-0.3, -0.25) is 0 Å². The molecule has 1 aromatic heterocycles. The number of hydrogen-bond donors (Lipinski definition) is 2. The van der Waals surface area contributed by atoms with Gasteiger partial charge in [0.25, 0.3) is 0 Å². The van der Waals surface area contributed by atoms with Crippen molar-refractivity contribution in [3.8, 4) is 5.75 Å². The molecule has 1 heterocycles. The van der Waals surface area contributed by atoms with Crippen LogP contribution in [-0.4, -0.2) is 36.8 Å². The number of alkyl halides is 3. The van der Waals surface area contributed by atoms with Crippen LogP contribution in [0, 0.1) is 6.92 Å². The fourth-order valence-electron chi connectivity index (χ4n) is 2.33. The summed E-state index contributed by atoms with van der Waals surface area (Å²) in [7, 11) is 0. The highest BCUT2D eigenvalue weighted by molar-refractivity contribution is 14.0. The molecule has 2 rings (SSSR count). The molecule has 0 aliphatic heterocycles. The van der Waals surface area contributed by atoms with E-state index in [0.29, 0.717) is 12.5 Å². The third kappa shape index (κ3) is 10.7. The molecule has 0 radical (unpaired) electrons. The van der Waals surface area contributed by atoms with Crippen LogP contribution in [0.5, 0.6) is 5.75 Å². The highest BCUT2D eigenvalue weighted by atomic mass is 127. The van der Waals surface area contributed by atoms with E-state index in [2.05, 4.69) is 20.6 Å². The number of ether oxygens (including phenoxy) is 1. The summed E-state index contributed by atoms with van der Waals surface area (Å²) < 4.78 is 41.2. The quantitative estimate of drug-likeness (QED) is 0.209. The fraction of sp³-hybridized carbons (Fsp3) is 0.474. The Bertz CT molecular complexity index is 751. The molecular formula is C19H26F3IN4OS. The Morgan fingerprint density at radius 3 is 2.52 bits per heavy atom. The first-order valence-electron chi connectivity index (χ1n) is 9.07. The lowest BCUT2D eigenvalue weighted by Gasteiger charge is -2.11. The zero-order valence-corrected chi connectivity index (χ0v) is 19.5. The van der Waals surface area contributed by atoms with Gasteiger partial charge in [0, 0.05) is 30.6 Å². The number of guanidine groups is 1. The Hall–Kier alpha value is -1.56. The summed E-state index contributed by atoms with van der Waals surface area (Å²) in [6.07, 6.45) is -2.47. The van der Waals surface area contributed by atoms with Crippen molar-refractivity contribution in [1.29, 1.82) is 0 Å². The van der Waals surface area contributed by atoms with E-state index in [1.165, 1.54) is 12.1 Å². The maximum absolute atomic E-state index is 12.2. The van der Waals surface area contributed by atoms with E-state index in [-0.39, 0.29) is 29.7 Å². The fourth-order valence-corrected chi connectivity index (χ4v) is 3.15. The first-order valence-corrected chi connectivity index (χ1v) is 9.95. The lowest BCUT2D eigenvalue weighted by atomic mass is 10.2. The molecule has 1 aromatic carbocycles. The average molecular weight is 542 g/mol. The van der Waals surface area contributed by atoms with Gasteiger partial charge in [0.2, 0.25) is 0 Å². The molecule has 5 nitrogen and oxygen atoms in total. The standard InChI is InChI=1S/C19H25F3N4OS.HI/c1-3-23-18(24-10-4-5-17-26-14(2)12-28-17)25-11-15-6-8-16(9-7-15)27-13-19(20,21)22;/h6-9,12H,3-5,10-11,13H2,1-2H3,(H2,23,24,25);1H. The van der Waals surface area contributed by atoms with Crippen molar-refractivity contribution < 1.29 is 17.9 Å². The van der Waals surface area contributed by atoms with Crippen LogP contribution in [0.15, 0.2) is 34.6 Å². The Kier molecular flexibility index (Phi) is 11.3. The minimum atomic E-state index is -4.34. The second-order valence-electron chi connectivity index (χ2n) is 6.16. The van der Waals surface area contributed by atoms with E-state index in [4.69, 9.17) is 4.74 Å². The summed E-state index contributed by atoms with van der Waals surface area (Å²) in [5.74, 6) is 0.891. The number of aromatic nitrogens is 1. The van der Waals surface area contributed by atoms with Gasteiger partial charge in [0.1, 0.15) is 5.75 Å². The molecule has 29 heavy (non-hydrogen) atoms. The molecular weight excluding hydrogens is 516 g/mol. The molecule has 10 heteroatoms. The van der Waals surface area contributed by atoms with Crippen LogP contribution < -0.4 is 15.4 Å². The van der Waals surface area contributed by atoms with Crippen molar-refractivity contribution >= 4 is 41.3 Å². The molecule has 0 fully saturated rings. The predicted octanol–water partition coefficient (Wildman–Crippen LogP) is 4.70. The van der Waals surface area contributed by atoms with Gasteiger partial charge < -0.3 is 15.4 Å². The van der Waals surface area contributed by atoms with Gasteiger partial charge in [-0.1, -0.05) is 12.1 Å². The molecule has 0 bridgehead atoms. The Morgan fingerprint density at radius 1 is 1.21 bits per heavy atom. The van der Waals surface area contributed by atoms with E-state index in [0.717, 1.165) is 42.2 Å². The first-order chi connectivity index (χ1) is 13.4. The molecule has 0 aliphatic carbocycles. The Morgan fingerprint density at radius 2 is 1.93 bits per heavy atom.